The number of hydrogen-bond acceptors (Lipinski definition) is 3. The van der Waals surface area contributed by atoms with E-state index in [1.165, 1.54) is 0 Å². The lowest BCUT2D eigenvalue weighted by molar-refractivity contribution is -0.143. The molecule has 1 unspecified atom stereocenters. The Morgan fingerprint density at radius 2 is 2.05 bits per heavy atom. The predicted molar refractivity (Wildman–Crippen MR) is 75.7 cm³/mol. The van der Waals surface area contributed by atoms with E-state index < -0.39 is 5.97 Å². The maximum absolute atomic E-state index is 11.9. The van der Waals surface area contributed by atoms with E-state index in [-0.39, 0.29) is 11.8 Å². The number of carboxylic acids is 1. The molecule has 1 atom stereocenters. The summed E-state index contributed by atoms with van der Waals surface area (Å²) in [6, 6.07) is 6.65. The summed E-state index contributed by atoms with van der Waals surface area (Å²) in [7, 11) is 0. The minimum Gasteiger partial charge on any atom is -0.481 e. The second-order valence-corrected chi connectivity index (χ2v) is 5.36. The predicted octanol–water partition coefficient (Wildman–Crippen LogP) is 1.82. The van der Waals surface area contributed by atoms with Crippen molar-refractivity contribution in [3.05, 3.63) is 34.9 Å². The highest BCUT2D eigenvalue weighted by Gasteiger charge is 2.25. The van der Waals surface area contributed by atoms with E-state index in [0.717, 1.165) is 13.0 Å². The van der Waals surface area contributed by atoms with Gasteiger partial charge in [-0.1, -0.05) is 11.6 Å². The van der Waals surface area contributed by atoms with Gasteiger partial charge in [-0.25, -0.2) is 0 Å². The number of carbonyl (C=O) groups excluding carboxylic acids is 1. The molecule has 2 N–H and O–H groups in total. The van der Waals surface area contributed by atoms with Crippen LogP contribution in [0.1, 0.15) is 23.2 Å². The quantitative estimate of drug-likeness (QED) is 0.889. The second kappa shape index (κ2) is 6.72. The molecule has 1 aliphatic heterocycles. The number of aliphatic carboxylic acids is 1. The topological polar surface area (TPSA) is 69.6 Å². The van der Waals surface area contributed by atoms with Crippen molar-refractivity contribution in [1.29, 1.82) is 0 Å². The molecule has 0 aliphatic carbocycles. The lowest BCUT2D eigenvalue weighted by Crippen LogP contribution is -2.44. The Morgan fingerprint density at radius 1 is 1.35 bits per heavy atom. The molecule has 1 aromatic rings. The van der Waals surface area contributed by atoms with Crippen LogP contribution in [0.4, 0.5) is 0 Å². The van der Waals surface area contributed by atoms with Gasteiger partial charge in [-0.2, -0.15) is 0 Å². The van der Waals surface area contributed by atoms with Gasteiger partial charge in [0.05, 0.1) is 12.6 Å². The number of amides is 1. The Morgan fingerprint density at radius 3 is 2.70 bits per heavy atom. The molecule has 0 bridgehead atoms. The van der Waals surface area contributed by atoms with E-state index in [0.29, 0.717) is 30.2 Å². The van der Waals surface area contributed by atoms with Crippen LogP contribution in [0.25, 0.3) is 0 Å². The maximum Gasteiger partial charge on any atom is 0.307 e. The first kappa shape index (κ1) is 14.8. The van der Waals surface area contributed by atoms with Crippen LogP contribution in [-0.2, 0) is 4.79 Å². The summed E-state index contributed by atoms with van der Waals surface area (Å²) in [6.45, 7) is 1.66. The first-order valence-corrected chi connectivity index (χ1v) is 6.93. The molecule has 0 aromatic heterocycles. The molecular weight excluding hydrogens is 280 g/mol. The normalized spacial score (nSPS) is 19.6. The summed E-state index contributed by atoms with van der Waals surface area (Å²) in [5, 5.41) is 12.4. The molecule has 5 nitrogen and oxygen atoms in total. The van der Waals surface area contributed by atoms with Crippen molar-refractivity contribution >= 4 is 23.5 Å². The van der Waals surface area contributed by atoms with E-state index in [1.807, 2.05) is 4.90 Å². The molecule has 1 fully saturated rings. The van der Waals surface area contributed by atoms with Crippen LogP contribution in [0, 0.1) is 5.92 Å². The molecule has 0 radical (unpaired) electrons. The molecule has 1 heterocycles. The maximum atomic E-state index is 11.9. The van der Waals surface area contributed by atoms with Crippen molar-refractivity contribution in [2.24, 2.45) is 5.92 Å². The zero-order valence-corrected chi connectivity index (χ0v) is 11.8. The number of nitrogens with one attached hydrogen (secondary N) is 1. The lowest BCUT2D eigenvalue weighted by Gasteiger charge is -2.30. The average Bonchev–Trinajstić information content (AvgIpc) is 2.46. The zero-order valence-electron chi connectivity index (χ0n) is 11.0. The standard InChI is InChI=1S/C14H17ClN2O3/c15-12-5-3-10(4-6-12)13(18)16-9-17-7-1-2-11(8-17)14(19)20/h3-6,11H,1-2,7-9H2,(H,16,18)(H,19,20). The molecule has 1 amide bonds. The van der Waals surface area contributed by atoms with E-state index in [9.17, 15) is 9.59 Å². The number of likely N-dealkylation sites (tertiary alicyclic amines) is 1. The summed E-state index contributed by atoms with van der Waals surface area (Å²) in [4.78, 5) is 24.8. The van der Waals surface area contributed by atoms with Gasteiger partial charge in [-0.05, 0) is 43.7 Å². The van der Waals surface area contributed by atoms with Crippen LogP contribution in [0.15, 0.2) is 24.3 Å². The summed E-state index contributed by atoms with van der Waals surface area (Å²) in [6.07, 6.45) is 1.55. The van der Waals surface area contributed by atoms with Crippen molar-refractivity contribution < 1.29 is 14.7 Å². The van der Waals surface area contributed by atoms with Gasteiger partial charge in [-0.15, -0.1) is 0 Å². The average molecular weight is 297 g/mol. The Hall–Kier alpha value is -1.59. The molecule has 2 rings (SSSR count). The van der Waals surface area contributed by atoms with Crippen molar-refractivity contribution in [3.63, 3.8) is 0 Å². The fraction of sp³-hybridized carbons (Fsp3) is 0.429. The number of piperidine rings is 1. The van der Waals surface area contributed by atoms with Gasteiger partial charge in [0.15, 0.2) is 0 Å². The number of carbonyl (C=O) groups is 2. The Kier molecular flexibility index (Phi) is 4.98. The highest BCUT2D eigenvalue weighted by Crippen LogP contribution is 2.16. The minimum absolute atomic E-state index is 0.181. The third-order valence-electron chi connectivity index (χ3n) is 3.42. The summed E-state index contributed by atoms with van der Waals surface area (Å²) < 4.78 is 0. The molecule has 1 aromatic carbocycles. The fourth-order valence-electron chi connectivity index (χ4n) is 2.29. The Balaban J connectivity index is 1.84. The van der Waals surface area contributed by atoms with Gasteiger partial charge in [0.1, 0.15) is 0 Å². The van der Waals surface area contributed by atoms with Gasteiger partial charge in [0.25, 0.3) is 5.91 Å². The Labute approximate surface area is 122 Å². The third kappa shape index (κ3) is 3.95. The Bertz CT molecular complexity index is 490. The highest BCUT2D eigenvalue weighted by molar-refractivity contribution is 6.30. The van der Waals surface area contributed by atoms with E-state index >= 15 is 0 Å². The van der Waals surface area contributed by atoms with Crippen LogP contribution in [-0.4, -0.2) is 41.6 Å². The smallest absolute Gasteiger partial charge is 0.307 e. The number of carboxylic acid groups (broad SMARTS) is 1. The van der Waals surface area contributed by atoms with Gasteiger partial charge < -0.3 is 10.4 Å². The summed E-state index contributed by atoms with van der Waals surface area (Å²) >= 11 is 5.77. The van der Waals surface area contributed by atoms with E-state index in [4.69, 9.17) is 16.7 Å². The first-order valence-electron chi connectivity index (χ1n) is 6.55. The molecule has 6 heteroatoms. The van der Waals surface area contributed by atoms with Gasteiger partial charge in [0, 0.05) is 17.1 Å². The molecule has 108 valence electrons. The number of hydrogen-bond donors (Lipinski definition) is 2. The molecule has 0 spiro atoms. The highest BCUT2D eigenvalue weighted by atomic mass is 35.5. The van der Waals surface area contributed by atoms with Crippen molar-refractivity contribution in [1.82, 2.24) is 10.2 Å². The summed E-state index contributed by atoms with van der Waals surface area (Å²) in [5.41, 5.74) is 0.543. The lowest BCUT2D eigenvalue weighted by atomic mass is 9.99. The van der Waals surface area contributed by atoms with Crippen molar-refractivity contribution in [2.75, 3.05) is 19.8 Å². The van der Waals surface area contributed by atoms with Gasteiger partial charge in [-0.3, -0.25) is 14.5 Å². The van der Waals surface area contributed by atoms with E-state index in [1.54, 1.807) is 24.3 Å². The SMILES string of the molecule is O=C(NCN1CCCC(C(=O)O)C1)c1ccc(Cl)cc1. The molecule has 20 heavy (non-hydrogen) atoms. The third-order valence-corrected chi connectivity index (χ3v) is 3.68. The van der Waals surface area contributed by atoms with Crippen LogP contribution in [0.2, 0.25) is 5.02 Å². The van der Waals surface area contributed by atoms with Crippen LogP contribution < -0.4 is 5.32 Å². The summed E-state index contributed by atoms with van der Waals surface area (Å²) in [5.74, 6) is -1.28. The number of nitrogens with zero attached hydrogens (tertiary/aromatic N) is 1. The number of rotatable bonds is 4. The van der Waals surface area contributed by atoms with Crippen LogP contribution >= 0.6 is 11.6 Å². The number of benzene rings is 1. The molecule has 0 saturated carbocycles. The van der Waals surface area contributed by atoms with Gasteiger partial charge >= 0.3 is 5.97 Å². The minimum atomic E-state index is -0.765. The first-order chi connectivity index (χ1) is 9.56. The largest absolute Gasteiger partial charge is 0.481 e. The van der Waals surface area contributed by atoms with Crippen LogP contribution in [0.5, 0.6) is 0 Å². The number of halogens is 1. The van der Waals surface area contributed by atoms with Crippen LogP contribution in [0.3, 0.4) is 0 Å². The van der Waals surface area contributed by atoms with Crippen molar-refractivity contribution in [3.8, 4) is 0 Å². The zero-order chi connectivity index (χ0) is 14.5. The van der Waals surface area contributed by atoms with Crippen molar-refractivity contribution in [2.45, 2.75) is 12.8 Å². The second-order valence-electron chi connectivity index (χ2n) is 4.93. The molecule has 1 saturated heterocycles. The fourth-order valence-corrected chi connectivity index (χ4v) is 2.41. The van der Waals surface area contributed by atoms with E-state index in [2.05, 4.69) is 5.32 Å². The van der Waals surface area contributed by atoms with Gasteiger partial charge in [0.2, 0.25) is 0 Å². The molecular formula is C14H17ClN2O3. The monoisotopic (exact) mass is 296 g/mol. The molecule has 1 aliphatic rings.